The number of nitriles is 1. The molecule has 0 aliphatic heterocycles. The molecule has 1 heterocycles. The third kappa shape index (κ3) is 1.49. The normalized spacial score (nSPS) is 9.93. The van der Waals surface area contributed by atoms with Gasteiger partial charge in [0, 0.05) is 23.2 Å². The fourth-order valence-corrected chi connectivity index (χ4v) is 1.76. The SMILES string of the molecule is COc1ccc(Cl)c2c(C#N)cncc12. The first kappa shape index (κ1) is 9.75. The number of fused-ring (bicyclic) bond motifs is 1. The molecule has 0 unspecified atom stereocenters. The van der Waals surface area contributed by atoms with Crippen molar-refractivity contribution < 1.29 is 4.74 Å². The number of nitrogens with zero attached hydrogens (tertiary/aromatic N) is 2. The van der Waals surface area contributed by atoms with Gasteiger partial charge in [-0.2, -0.15) is 5.26 Å². The number of methoxy groups -OCH3 is 1. The van der Waals surface area contributed by atoms with Gasteiger partial charge in [-0.05, 0) is 12.1 Å². The fourth-order valence-electron chi connectivity index (χ4n) is 1.49. The van der Waals surface area contributed by atoms with E-state index in [4.69, 9.17) is 21.6 Å². The summed E-state index contributed by atoms with van der Waals surface area (Å²) in [6, 6.07) is 5.53. The minimum atomic E-state index is 0.455. The van der Waals surface area contributed by atoms with Crippen LogP contribution >= 0.6 is 11.6 Å². The van der Waals surface area contributed by atoms with Crippen molar-refractivity contribution in [3.05, 3.63) is 35.1 Å². The van der Waals surface area contributed by atoms with Crippen LogP contribution in [0.3, 0.4) is 0 Å². The number of hydrogen-bond acceptors (Lipinski definition) is 3. The molecule has 0 fully saturated rings. The second-order valence-electron chi connectivity index (χ2n) is 2.97. The lowest BCUT2D eigenvalue weighted by atomic mass is 10.1. The first-order valence-corrected chi connectivity index (χ1v) is 4.66. The van der Waals surface area contributed by atoms with Crippen molar-refractivity contribution in [2.75, 3.05) is 7.11 Å². The molecule has 0 aliphatic carbocycles. The van der Waals surface area contributed by atoms with E-state index >= 15 is 0 Å². The monoisotopic (exact) mass is 218 g/mol. The largest absolute Gasteiger partial charge is 0.496 e. The Morgan fingerprint density at radius 3 is 2.87 bits per heavy atom. The second-order valence-corrected chi connectivity index (χ2v) is 3.38. The molecule has 0 spiro atoms. The van der Waals surface area contributed by atoms with Crippen LogP contribution in [0.5, 0.6) is 5.75 Å². The molecule has 0 bridgehead atoms. The van der Waals surface area contributed by atoms with E-state index in [0.717, 1.165) is 5.39 Å². The van der Waals surface area contributed by atoms with E-state index in [2.05, 4.69) is 11.1 Å². The molecule has 0 atom stereocenters. The molecule has 3 nitrogen and oxygen atoms in total. The van der Waals surface area contributed by atoms with E-state index in [-0.39, 0.29) is 0 Å². The van der Waals surface area contributed by atoms with Gasteiger partial charge in [0.2, 0.25) is 0 Å². The molecule has 0 saturated heterocycles. The van der Waals surface area contributed by atoms with Crippen LogP contribution in [0.4, 0.5) is 0 Å². The standard InChI is InChI=1S/C11H7ClN2O/c1-15-10-3-2-9(12)11-7(4-13)5-14-6-8(10)11/h2-3,5-6H,1H3. The lowest BCUT2D eigenvalue weighted by Crippen LogP contribution is -1.89. The van der Waals surface area contributed by atoms with E-state index in [1.54, 1.807) is 25.4 Å². The number of ether oxygens (including phenoxy) is 1. The molecule has 2 rings (SSSR count). The topological polar surface area (TPSA) is 45.9 Å². The number of pyridine rings is 1. The summed E-state index contributed by atoms with van der Waals surface area (Å²) in [5, 5.41) is 10.9. The van der Waals surface area contributed by atoms with Crippen molar-refractivity contribution in [1.82, 2.24) is 4.98 Å². The molecular formula is C11H7ClN2O. The highest BCUT2D eigenvalue weighted by atomic mass is 35.5. The van der Waals surface area contributed by atoms with Gasteiger partial charge in [-0.15, -0.1) is 0 Å². The Hall–Kier alpha value is -1.79. The van der Waals surface area contributed by atoms with Gasteiger partial charge < -0.3 is 4.74 Å². The number of rotatable bonds is 1. The van der Waals surface area contributed by atoms with Crippen molar-refractivity contribution in [3.8, 4) is 11.8 Å². The summed E-state index contributed by atoms with van der Waals surface area (Å²) < 4.78 is 5.17. The molecule has 0 radical (unpaired) electrons. The second kappa shape index (κ2) is 3.76. The van der Waals surface area contributed by atoms with Crippen molar-refractivity contribution in [2.24, 2.45) is 0 Å². The van der Waals surface area contributed by atoms with E-state index in [1.165, 1.54) is 6.20 Å². The molecule has 0 amide bonds. The number of hydrogen-bond donors (Lipinski definition) is 0. The molecule has 0 saturated carbocycles. The highest BCUT2D eigenvalue weighted by Gasteiger charge is 2.09. The van der Waals surface area contributed by atoms with Crippen LogP contribution in [0.15, 0.2) is 24.5 Å². The average molecular weight is 219 g/mol. The van der Waals surface area contributed by atoms with E-state index < -0.39 is 0 Å². The first-order chi connectivity index (χ1) is 7.27. The zero-order valence-electron chi connectivity index (χ0n) is 7.99. The summed E-state index contributed by atoms with van der Waals surface area (Å²) in [5.41, 5.74) is 0.455. The van der Waals surface area contributed by atoms with Gasteiger partial charge in [0.25, 0.3) is 0 Å². The fraction of sp³-hybridized carbons (Fsp3) is 0.0909. The zero-order chi connectivity index (χ0) is 10.8. The third-order valence-electron chi connectivity index (χ3n) is 2.17. The van der Waals surface area contributed by atoms with Crippen LogP contribution in [0.2, 0.25) is 5.02 Å². The molecule has 74 valence electrons. The summed E-state index contributed by atoms with van der Waals surface area (Å²) in [6.07, 6.45) is 3.13. The maximum Gasteiger partial charge on any atom is 0.128 e. The minimum absolute atomic E-state index is 0.455. The zero-order valence-corrected chi connectivity index (χ0v) is 8.75. The Morgan fingerprint density at radius 2 is 2.20 bits per heavy atom. The number of aromatic nitrogens is 1. The Morgan fingerprint density at radius 1 is 1.40 bits per heavy atom. The Bertz CT molecular complexity index is 560. The Kier molecular flexibility index (Phi) is 2.44. The molecule has 0 aliphatic rings. The predicted octanol–water partition coefficient (Wildman–Crippen LogP) is 2.77. The van der Waals surface area contributed by atoms with Gasteiger partial charge in [0.05, 0.1) is 17.7 Å². The average Bonchev–Trinajstić information content (AvgIpc) is 2.29. The van der Waals surface area contributed by atoms with E-state index in [9.17, 15) is 0 Å². The lowest BCUT2D eigenvalue weighted by molar-refractivity contribution is 0.419. The highest BCUT2D eigenvalue weighted by molar-refractivity contribution is 6.36. The third-order valence-corrected chi connectivity index (χ3v) is 2.49. The van der Waals surface area contributed by atoms with Crippen molar-refractivity contribution >= 4 is 22.4 Å². The van der Waals surface area contributed by atoms with Crippen molar-refractivity contribution in [1.29, 1.82) is 5.26 Å². The lowest BCUT2D eigenvalue weighted by Gasteiger charge is -2.06. The highest BCUT2D eigenvalue weighted by Crippen LogP contribution is 2.32. The molecule has 0 N–H and O–H groups in total. The molecular weight excluding hydrogens is 212 g/mol. The summed E-state index contributed by atoms with van der Waals surface area (Å²) >= 11 is 6.04. The van der Waals surface area contributed by atoms with Crippen LogP contribution in [0, 0.1) is 11.3 Å². The van der Waals surface area contributed by atoms with Crippen LogP contribution in [-0.4, -0.2) is 12.1 Å². The Labute approximate surface area is 91.9 Å². The maximum atomic E-state index is 8.93. The molecule has 1 aromatic heterocycles. The smallest absolute Gasteiger partial charge is 0.128 e. The van der Waals surface area contributed by atoms with Crippen LogP contribution in [0.1, 0.15) is 5.56 Å². The van der Waals surface area contributed by atoms with Gasteiger partial charge >= 0.3 is 0 Å². The van der Waals surface area contributed by atoms with Crippen molar-refractivity contribution in [3.63, 3.8) is 0 Å². The molecule has 15 heavy (non-hydrogen) atoms. The summed E-state index contributed by atoms with van der Waals surface area (Å²) in [7, 11) is 1.57. The van der Waals surface area contributed by atoms with Crippen LogP contribution in [0.25, 0.3) is 10.8 Å². The van der Waals surface area contributed by atoms with Gasteiger partial charge in [0.15, 0.2) is 0 Å². The van der Waals surface area contributed by atoms with E-state index in [1.807, 2.05) is 0 Å². The molecule has 2 aromatic rings. The number of halogens is 1. The Balaban J connectivity index is 2.94. The first-order valence-electron chi connectivity index (χ1n) is 4.28. The minimum Gasteiger partial charge on any atom is -0.496 e. The summed E-state index contributed by atoms with van der Waals surface area (Å²) in [4.78, 5) is 3.97. The van der Waals surface area contributed by atoms with E-state index in [0.29, 0.717) is 21.7 Å². The number of benzene rings is 1. The maximum absolute atomic E-state index is 8.93. The van der Waals surface area contributed by atoms with Crippen LogP contribution < -0.4 is 4.74 Å². The van der Waals surface area contributed by atoms with Gasteiger partial charge in [-0.25, -0.2) is 0 Å². The quantitative estimate of drug-likeness (QED) is 0.740. The van der Waals surface area contributed by atoms with Crippen LogP contribution in [-0.2, 0) is 0 Å². The van der Waals surface area contributed by atoms with Crippen molar-refractivity contribution in [2.45, 2.75) is 0 Å². The van der Waals surface area contributed by atoms with Gasteiger partial charge in [-0.3, -0.25) is 4.98 Å². The van der Waals surface area contributed by atoms with Gasteiger partial charge in [0.1, 0.15) is 11.8 Å². The van der Waals surface area contributed by atoms with Gasteiger partial charge in [-0.1, -0.05) is 11.6 Å². The summed E-state index contributed by atoms with van der Waals surface area (Å²) in [6.45, 7) is 0. The predicted molar refractivity (Wildman–Crippen MR) is 58.0 cm³/mol. The summed E-state index contributed by atoms with van der Waals surface area (Å²) in [5.74, 6) is 0.666. The molecule has 4 heteroatoms. The molecule has 1 aromatic carbocycles.